The van der Waals surface area contributed by atoms with Gasteiger partial charge in [-0.2, -0.15) is 13.2 Å². The minimum atomic E-state index is -4.37. The maximum absolute atomic E-state index is 12.8. The van der Waals surface area contributed by atoms with Crippen LogP contribution in [0.2, 0.25) is 0 Å². The van der Waals surface area contributed by atoms with Crippen molar-refractivity contribution in [1.82, 2.24) is 10.3 Å². The molecule has 2 heterocycles. The van der Waals surface area contributed by atoms with Crippen molar-refractivity contribution in [2.75, 3.05) is 13.2 Å². The lowest BCUT2D eigenvalue weighted by atomic mass is 10.1. The molecule has 3 rings (SSSR count). The maximum atomic E-state index is 12.8. The molecule has 0 aliphatic heterocycles. The Labute approximate surface area is 160 Å². The van der Waals surface area contributed by atoms with Crippen molar-refractivity contribution in [3.63, 3.8) is 0 Å². The van der Waals surface area contributed by atoms with Crippen molar-refractivity contribution >= 4 is 12.4 Å². The van der Waals surface area contributed by atoms with Crippen molar-refractivity contribution in [3.05, 3.63) is 72.1 Å². The zero-order valence-corrected chi connectivity index (χ0v) is 15.0. The molecule has 2 aromatic heterocycles. The first-order chi connectivity index (χ1) is 12.5. The van der Waals surface area contributed by atoms with E-state index in [1.165, 1.54) is 6.07 Å². The van der Waals surface area contributed by atoms with Gasteiger partial charge in [0.05, 0.1) is 12.1 Å². The summed E-state index contributed by atoms with van der Waals surface area (Å²) in [6, 6.07) is 13.9. The second-order valence-electron chi connectivity index (χ2n) is 5.54. The predicted molar refractivity (Wildman–Crippen MR) is 97.8 cm³/mol. The Morgan fingerprint density at radius 1 is 1.04 bits per heavy atom. The van der Waals surface area contributed by atoms with Gasteiger partial charge < -0.3 is 14.5 Å². The molecule has 0 fully saturated rings. The quantitative estimate of drug-likeness (QED) is 0.572. The number of halogens is 4. The molecule has 4 nitrogen and oxygen atoms in total. The molecule has 27 heavy (non-hydrogen) atoms. The van der Waals surface area contributed by atoms with Gasteiger partial charge in [-0.3, -0.25) is 0 Å². The third-order valence-corrected chi connectivity index (χ3v) is 3.60. The molecular formula is C19H18ClF3N2O2. The number of rotatable bonds is 7. The molecule has 0 spiro atoms. The third kappa shape index (κ3) is 6.01. The topological polar surface area (TPSA) is 47.3 Å². The molecule has 1 N–H and O–H groups in total. The number of hydrogen-bond acceptors (Lipinski definition) is 4. The van der Waals surface area contributed by atoms with Crippen LogP contribution in [0.4, 0.5) is 13.2 Å². The molecule has 0 aliphatic carbocycles. The van der Waals surface area contributed by atoms with E-state index in [1.807, 2.05) is 12.1 Å². The first-order valence-corrected chi connectivity index (χ1v) is 8.03. The van der Waals surface area contributed by atoms with Crippen LogP contribution < -0.4 is 10.1 Å². The van der Waals surface area contributed by atoms with E-state index in [0.717, 1.165) is 12.1 Å². The number of pyridine rings is 1. The van der Waals surface area contributed by atoms with Crippen molar-refractivity contribution in [1.29, 1.82) is 0 Å². The number of alkyl halides is 3. The summed E-state index contributed by atoms with van der Waals surface area (Å²) in [6.07, 6.45) is -2.72. The van der Waals surface area contributed by atoms with E-state index in [1.54, 1.807) is 30.5 Å². The predicted octanol–water partition coefficient (Wildman–Crippen LogP) is 4.95. The van der Waals surface area contributed by atoms with Gasteiger partial charge in [0.1, 0.15) is 18.1 Å². The van der Waals surface area contributed by atoms with E-state index >= 15 is 0 Å². The fraction of sp³-hybridized carbons (Fsp3) is 0.211. The number of hydrogen-bond donors (Lipinski definition) is 1. The number of nitrogens with zero attached hydrogens (tertiary/aromatic N) is 1. The zero-order valence-electron chi connectivity index (χ0n) is 14.2. The average Bonchev–Trinajstić information content (AvgIpc) is 3.11. The van der Waals surface area contributed by atoms with Crippen LogP contribution in [0.1, 0.15) is 11.3 Å². The second-order valence-corrected chi connectivity index (χ2v) is 5.54. The zero-order chi connectivity index (χ0) is 18.4. The molecular weight excluding hydrogens is 381 g/mol. The highest BCUT2D eigenvalue weighted by Gasteiger charge is 2.30. The van der Waals surface area contributed by atoms with Crippen LogP contribution in [0.5, 0.6) is 5.88 Å². The van der Waals surface area contributed by atoms with E-state index in [0.29, 0.717) is 42.7 Å². The molecule has 144 valence electrons. The molecule has 0 atom stereocenters. The van der Waals surface area contributed by atoms with E-state index < -0.39 is 11.7 Å². The lowest BCUT2D eigenvalue weighted by Crippen LogP contribution is -2.20. The molecule has 1 aromatic carbocycles. The van der Waals surface area contributed by atoms with Crippen molar-refractivity contribution in [2.45, 2.75) is 12.7 Å². The lowest BCUT2D eigenvalue weighted by molar-refractivity contribution is -0.137. The Morgan fingerprint density at radius 2 is 1.89 bits per heavy atom. The monoisotopic (exact) mass is 398 g/mol. The highest BCUT2D eigenvalue weighted by atomic mass is 35.5. The fourth-order valence-corrected chi connectivity index (χ4v) is 2.35. The van der Waals surface area contributed by atoms with Crippen LogP contribution in [0.3, 0.4) is 0 Å². The summed E-state index contributed by atoms with van der Waals surface area (Å²) in [6.45, 7) is 1.47. The molecule has 0 saturated carbocycles. The standard InChI is InChI=1S/C19H17F3N2O2.ClH/c20-19(21,22)15-5-3-4-14(12-15)17-8-7-16(26-17)13-23-10-11-25-18-6-1-2-9-24-18;/h1-9,12,23H,10-11,13H2;1H. The number of aromatic nitrogens is 1. The summed E-state index contributed by atoms with van der Waals surface area (Å²) in [7, 11) is 0. The molecule has 8 heteroatoms. The van der Waals surface area contributed by atoms with Gasteiger partial charge in [0.15, 0.2) is 0 Å². The largest absolute Gasteiger partial charge is 0.476 e. The number of benzene rings is 1. The summed E-state index contributed by atoms with van der Waals surface area (Å²) in [5.74, 6) is 1.59. The van der Waals surface area contributed by atoms with Crippen molar-refractivity contribution in [2.24, 2.45) is 0 Å². The van der Waals surface area contributed by atoms with Crippen LogP contribution >= 0.6 is 12.4 Å². The van der Waals surface area contributed by atoms with Crippen LogP contribution in [-0.4, -0.2) is 18.1 Å². The van der Waals surface area contributed by atoms with Gasteiger partial charge in [0.25, 0.3) is 0 Å². The van der Waals surface area contributed by atoms with Gasteiger partial charge in [-0.15, -0.1) is 12.4 Å². The Morgan fingerprint density at radius 3 is 2.63 bits per heavy atom. The van der Waals surface area contributed by atoms with E-state index in [9.17, 15) is 13.2 Å². The van der Waals surface area contributed by atoms with Gasteiger partial charge >= 0.3 is 6.18 Å². The average molecular weight is 399 g/mol. The maximum Gasteiger partial charge on any atom is 0.416 e. The highest BCUT2D eigenvalue weighted by Crippen LogP contribution is 2.32. The third-order valence-electron chi connectivity index (χ3n) is 3.60. The van der Waals surface area contributed by atoms with Crippen molar-refractivity contribution < 1.29 is 22.3 Å². The Kier molecular flexibility index (Phi) is 7.27. The van der Waals surface area contributed by atoms with Crippen LogP contribution in [0.15, 0.2) is 65.2 Å². The molecule has 0 aliphatic rings. The highest BCUT2D eigenvalue weighted by molar-refractivity contribution is 5.85. The lowest BCUT2D eigenvalue weighted by Gasteiger charge is -2.07. The number of ether oxygens (including phenoxy) is 1. The van der Waals surface area contributed by atoms with E-state index in [2.05, 4.69) is 10.3 Å². The SMILES string of the molecule is Cl.FC(F)(F)c1cccc(-c2ccc(CNCCOc3ccccn3)o2)c1. The van der Waals surface area contributed by atoms with Crippen molar-refractivity contribution in [3.8, 4) is 17.2 Å². The summed E-state index contributed by atoms with van der Waals surface area (Å²) in [5.41, 5.74) is -0.303. The number of furan rings is 1. The summed E-state index contributed by atoms with van der Waals surface area (Å²) in [5, 5.41) is 3.15. The molecule has 0 saturated heterocycles. The van der Waals surface area contributed by atoms with Crippen LogP contribution in [0.25, 0.3) is 11.3 Å². The molecule has 0 radical (unpaired) electrons. The van der Waals surface area contributed by atoms with Gasteiger partial charge in [-0.05, 0) is 30.3 Å². The van der Waals surface area contributed by atoms with E-state index in [-0.39, 0.29) is 12.4 Å². The first-order valence-electron chi connectivity index (χ1n) is 8.03. The summed E-state index contributed by atoms with van der Waals surface area (Å²) in [4.78, 5) is 4.05. The Balaban J connectivity index is 0.00000261. The van der Waals surface area contributed by atoms with Gasteiger partial charge in [-0.1, -0.05) is 18.2 Å². The van der Waals surface area contributed by atoms with E-state index in [4.69, 9.17) is 9.15 Å². The Hall–Kier alpha value is -2.51. The molecule has 0 bridgehead atoms. The number of nitrogens with one attached hydrogen (secondary N) is 1. The summed E-state index contributed by atoms with van der Waals surface area (Å²) >= 11 is 0. The minimum absolute atomic E-state index is 0. The first kappa shape index (κ1) is 20.8. The minimum Gasteiger partial charge on any atom is -0.476 e. The summed E-state index contributed by atoms with van der Waals surface area (Å²) < 4.78 is 49.5. The second kappa shape index (κ2) is 9.43. The Bertz CT molecular complexity index is 838. The fourth-order valence-electron chi connectivity index (χ4n) is 2.35. The van der Waals surface area contributed by atoms with Gasteiger partial charge in [0.2, 0.25) is 5.88 Å². The van der Waals surface area contributed by atoms with Crippen LogP contribution in [0, 0.1) is 0 Å². The van der Waals surface area contributed by atoms with Crippen LogP contribution in [-0.2, 0) is 12.7 Å². The van der Waals surface area contributed by atoms with Gasteiger partial charge in [0, 0.05) is 24.4 Å². The normalized spacial score (nSPS) is 11.1. The smallest absolute Gasteiger partial charge is 0.416 e. The molecule has 3 aromatic rings. The molecule has 0 unspecified atom stereocenters. The molecule has 0 amide bonds. The van der Waals surface area contributed by atoms with Gasteiger partial charge in [-0.25, -0.2) is 4.98 Å².